The number of carbonyl (C=O) groups excluding carboxylic acids is 1. The number of anilines is 2. The van der Waals surface area contributed by atoms with Gasteiger partial charge in [0.25, 0.3) is 0 Å². The normalized spacial score (nSPS) is 14.2. The zero-order valence-corrected chi connectivity index (χ0v) is 15.0. The molecule has 0 bridgehead atoms. The highest BCUT2D eigenvalue weighted by molar-refractivity contribution is 5.77. The van der Waals surface area contributed by atoms with Gasteiger partial charge in [0.1, 0.15) is 11.6 Å². The highest BCUT2D eigenvalue weighted by atomic mass is 19.1. The van der Waals surface area contributed by atoms with Gasteiger partial charge < -0.3 is 19.9 Å². The molecule has 3 rings (SSSR count). The number of hydrogen-bond donors (Lipinski definition) is 1. The maximum absolute atomic E-state index is 13.0. The van der Waals surface area contributed by atoms with Crippen molar-refractivity contribution in [3.63, 3.8) is 0 Å². The lowest BCUT2D eigenvalue weighted by Gasteiger charge is -2.36. The second-order valence-electron chi connectivity index (χ2n) is 6.25. The Bertz CT molecular complexity index is 711. The largest absolute Gasteiger partial charge is 0.497 e. The molecule has 0 aromatic heterocycles. The molecule has 26 heavy (non-hydrogen) atoms. The number of nitrogens with one attached hydrogen (secondary N) is 1. The molecule has 1 aliphatic heterocycles. The van der Waals surface area contributed by atoms with Gasteiger partial charge in [0.2, 0.25) is 5.91 Å². The van der Waals surface area contributed by atoms with Crippen LogP contribution in [0.5, 0.6) is 5.75 Å². The van der Waals surface area contributed by atoms with E-state index in [1.54, 1.807) is 19.2 Å². The molecule has 1 N–H and O–H groups in total. The summed E-state index contributed by atoms with van der Waals surface area (Å²) in [5.74, 6) is 0.738. The zero-order chi connectivity index (χ0) is 18.4. The average molecular weight is 357 g/mol. The van der Waals surface area contributed by atoms with Crippen molar-refractivity contribution < 1.29 is 13.9 Å². The van der Waals surface area contributed by atoms with Gasteiger partial charge in [-0.05, 0) is 48.5 Å². The number of halogens is 1. The molecular formula is C20H24FN3O2. The predicted octanol–water partition coefficient (Wildman–Crippen LogP) is 2.99. The molecule has 0 atom stereocenters. The maximum atomic E-state index is 13.0. The quantitative estimate of drug-likeness (QED) is 0.863. The van der Waals surface area contributed by atoms with Gasteiger partial charge in [0, 0.05) is 50.5 Å². The summed E-state index contributed by atoms with van der Waals surface area (Å²) in [6.07, 6.45) is 0.461. The van der Waals surface area contributed by atoms with E-state index < -0.39 is 0 Å². The first-order chi connectivity index (χ1) is 12.7. The summed E-state index contributed by atoms with van der Waals surface area (Å²) in [7, 11) is 1.64. The Balaban J connectivity index is 1.41. The molecule has 0 aliphatic carbocycles. The molecule has 1 amide bonds. The van der Waals surface area contributed by atoms with Crippen LogP contribution in [0.15, 0.2) is 48.5 Å². The average Bonchev–Trinajstić information content (AvgIpc) is 2.69. The van der Waals surface area contributed by atoms with Gasteiger partial charge in [-0.3, -0.25) is 4.79 Å². The molecule has 2 aromatic rings. The number of hydrogen-bond acceptors (Lipinski definition) is 4. The third kappa shape index (κ3) is 4.65. The van der Waals surface area contributed by atoms with Crippen molar-refractivity contribution in [2.75, 3.05) is 50.1 Å². The third-order valence-corrected chi connectivity index (χ3v) is 4.58. The van der Waals surface area contributed by atoms with Crippen LogP contribution in [-0.2, 0) is 4.79 Å². The van der Waals surface area contributed by atoms with Gasteiger partial charge in [-0.25, -0.2) is 4.39 Å². The molecule has 1 saturated heterocycles. The van der Waals surface area contributed by atoms with Crippen LogP contribution in [0.25, 0.3) is 0 Å². The van der Waals surface area contributed by atoms with E-state index in [-0.39, 0.29) is 11.7 Å². The molecule has 0 unspecified atom stereocenters. The number of methoxy groups -OCH3 is 1. The molecule has 2 aromatic carbocycles. The first kappa shape index (κ1) is 18.0. The van der Waals surface area contributed by atoms with Crippen LogP contribution in [-0.4, -0.2) is 50.6 Å². The SMILES string of the molecule is COc1ccc(NCCC(=O)N2CCN(c3ccc(F)cc3)CC2)cc1. The van der Waals surface area contributed by atoms with E-state index in [2.05, 4.69) is 10.2 Å². The predicted molar refractivity (Wildman–Crippen MR) is 101 cm³/mol. The van der Waals surface area contributed by atoms with E-state index in [1.165, 1.54) is 12.1 Å². The summed E-state index contributed by atoms with van der Waals surface area (Å²) in [5.41, 5.74) is 1.97. The Labute approximate surface area is 153 Å². The van der Waals surface area contributed by atoms with Crippen LogP contribution in [0.2, 0.25) is 0 Å². The maximum Gasteiger partial charge on any atom is 0.224 e. The van der Waals surface area contributed by atoms with Crippen molar-refractivity contribution in [3.05, 3.63) is 54.3 Å². The van der Waals surface area contributed by atoms with E-state index in [0.29, 0.717) is 26.1 Å². The second kappa shape index (κ2) is 8.56. The van der Waals surface area contributed by atoms with E-state index in [4.69, 9.17) is 4.74 Å². The minimum absolute atomic E-state index is 0.157. The number of ether oxygens (including phenoxy) is 1. The smallest absolute Gasteiger partial charge is 0.224 e. The van der Waals surface area contributed by atoms with Gasteiger partial charge in [-0.2, -0.15) is 0 Å². The van der Waals surface area contributed by atoms with Crippen LogP contribution in [0.3, 0.4) is 0 Å². The number of nitrogens with zero attached hydrogens (tertiary/aromatic N) is 2. The van der Waals surface area contributed by atoms with E-state index >= 15 is 0 Å². The van der Waals surface area contributed by atoms with Crippen molar-refractivity contribution in [1.82, 2.24) is 4.90 Å². The fourth-order valence-electron chi connectivity index (χ4n) is 3.05. The Morgan fingerprint density at radius 1 is 1.04 bits per heavy atom. The Kier molecular flexibility index (Phi) is 5.94. The first-order valence-electron chi connectivity index (χ1n) is 8.82. The van der Waals surface area contributed by atoms with Crippen LogP contribution in [0, 0.1) is 5.82 Å². The molecule has 0 saturated carbocycles. The highest BCUT2D eigenvalue weighted by Crippen LogP contribution is 2.18. The molecule has 138 valence electrons. The lowest BCUT2D eigenvalue weighted by atomic mass is 10.2. The lowest BCUT2D eigenvalue weighted by Crippen LogP contribution is -2.49. The molecule has 6 heteroatoms. The minimum atomic E-state index is -0.230. The van der Waals surface area contributed by atoms with Crippen molar-refractivity contribution in [1.29, 1.82) is 0 Å². The van der Waals surface area contributed by atoms with E-state index in [0.717, 1.165) is 30.2 Å². The minimum Gasteiger partial charge on any atom is -0.497 e. The number of piperazine rings is 1. The number of rotatable bonds is 6. The topological polar surface area (TPSA) is 44.8 Å². The van der Waals surface area contributed by atoms with E-state index in [9.17, 15) is 9.18 Å². The molecule has 1 aliphatic rings. The summed E-state index contributed by atoms with van der Waals surface area (Å²) < 4.78 is 18.1. The van der Waals surface area contributed by atoms with Crippen molar-refractivity contribution in [2.45, 2.75) is 6.42 Å². The summed E-state index contributed by atoms with van der Waals surface area (Å²) in [5, 5.41) is 3.26. The molecule has 0 radical (unpaired) electrons. The van der Waals surface area contributed by atoms with Crippen LogP contribution >= 0.6 is 0 Å². The Morgan fingerprint density at radius 2 is 1.69 bits per heavy atom. The third-order valence-electron chi connectivity index (χ3n) is 4.58. The Hall–Kier alpha value is -2.76. The number of benzene rings is 2. The van der Waals surface area contributed by atoms with Crippen LogP contribution in [0.4, 0.5) is 15.8 Å². The summed E-state index contributed by atoms with van der Waals surface area (Å²) in [6.45, 7) is 3.52. The summed E-state index contributed by atoms with van der Waals surface area (Å²) >= 11 is 0. The van der Waals surface area contributed by atoms with Gasteiger partial charge >= 0.3 is 0 Å². The molecule has 1 fully saturated rings. The summed E-state index contributed by atoms with van der Waals surface area (Å²) in [6, 6.07) is 14.2. The van der Waals surface area contributed by atoms with Crippen LogP contribution < -0.4 is 15.0 Å². The van der Waals surface area contributed by atoms with Gasteiger partial charge in [-0.15, -0.1) is 0 Å². The number of carbonyl (C=O) groups is 1. The van der Waals surface area contributed by atoms with Crippen molar-refractivity contribution in [3.8, 4) is 5.75 Å². The lowest BCUT2D eigenvalue weighted by molar-refractivity contribution is -0.131. The fourth-order valence-corrected chi connectivity index (χ4v) is 3.05. The highest BCUT2D eigenvalue weighted by Gasteiger charge is 2.20. The molecule has 5 nitrogen and oxygen atoms in total. The first-order valence-corrected chi connectivity index (χ1v) is 8.82. The monoisotopic (exact) mass is 357 g/mol. The van der Waals surface area contributed by atoms with Gasteiger partial charge in [0.15, 0.2) is 0 Å². The summed E-state index contributed by atoms with van der Waals surface area (Å²) in [4.78, 5) is 16.5. The number of amides is 1. The van der Waals surface area contributed by atoms with Crippen molar-refractivity contribution >= 4 is 17.3 Å². The standard InChI is InChI=1S/C20H24FN3O2/c1-26-19-8-4-17(5-9-19)22-11-10-20(25)24-14-12-23(13-15-24)18-6-2-16(21)3-7-18/h2-9,22H,10-15H2,1H3. The van der Waals surface area contributed by atoms with E-state index in [1.807, 2.05) is 29.2 Å². The van der Waals surface area contributed by atoms with Gasteiger partial charge in [0.05, 0.1) is 7.11 Å². The molecule has 1 heterocycles. The molecule has 0 spiro atoms. The van der Waals surface area contributed by atoms with Crippen LogP contribution in [0.1, 0.15) is 6.42 Å². The van der Waals surface area contributed by atoms with Crippen molar-refractivity contribution in [2.24, 2.45) is 0 Å². The zero-order valence-electron chi connectivity index (χ0n) is 15.0. The second-order valence-corrected chi connectivity index (χ2v) is 6.25. The van der Waals surface area contributed by atoms with Gasteiger partial charge in [-0.1, -0.05) is 0 Å². The molecular weight excluding hydrogens is 333 g/mol. The Morgan fingerprint density at radius 3 is 2.31 bits per heavy atom. The fraction of sp³-hybridized carbons (Fsp3) is 0.350.